The SMILES string of the molecule is O=C(CC(c1ccccc1)c1ccccc1)NCc1ccc(OCc2cccnc2)cc1. The number of ether oxygens (including phenoxy) is 1. The molecule has 0 saturated carbocycles. The van der Waals surface area contributed by atoms with Gasteiger partial charge in [0.25, 0.3) is 0 Å². The molecule has 0 radical (unpaired) electrons. The van der Waals surface area contributed by atoms with E-state index in [1.807, 2.05) is 72.8 Å². The van der Waals surface area contributed by atoms with Crippen molar-refractivity contribution in [2.75, 3.05) is 0 Å². The van der Waals surface area contributed by atoms with Crippen molar-refractivity contribution in [2.45, 2.75) is 25.5 Å². The maximum Gasteiger partial charge on any atom is 0.221 e. The van der Waals surface area contributed by atoms with Crippen LogP contribution in [0.15, 0.2) is 109 Å². The summed E-state index contributed by atoms with van der Waals surface area (Å²) in [5.74, 6) is 0.845. The molecular weight excluding hydrogens is 396 g/mol. The molecule has 0 fully saturated rings. The third kappa shape index (κ3) is 6.05. The Bertz CT molecular complexity index is 1060. The number of hydrogen-bond donors (Lipinski definition) is 1. The molecule has 1 amide bonds. The number of nitrogens with zero attached hydrogens (tertiary/aromatic N) is 1. The second-order valence-corrected chi connectivity index (χ2v) is 7.65. The van der Waals surface area contributed by atoms with E-state index in [-0.39, 0.29) is 11.8 Å². The van der Waals surface area contributed by atoms with Crippen molar-refractivity contribution in [1.29, 1.82) is 0 Å². The number of nitrogens with one attached hydrogen (secondary N) is 1. The van der Waals surface area contributed by atoms with E-state index in [4.69, 9.17) is 4.74 Å². The number of benzene rings is 3. The molecule has 4 rings (SSSR count). The fourth-order valence-corrected chi connectivity index (χ4v) is 3.61. The van der Waals surface area contributed by atoms with Crippen LogP contribution in [0.4, 0.5) is 0 Å². The van der Waals surface area contributed by atoms with Gasteiger partial charge in [-0.25, -0.2) is 0 Å². The van der Waals surface area contributed by atoms with Gasteiger partial charge < -0.3 is 10.1 Å². The topological polar surface area (TPSA) is 51.2 Å². The van der Waals surface area contributed by atoms with Gasteiger partial charge in [-0.1, -0.05) is 78.9 Å². The summed E-state index contributed by atoms with van der Waals surface area (Å²) >= 11 is 0. The minimum atomic E-state index is 0.0274. The molecule has 0 unspecified atom stereocenters. The zero-order chi connectivity index (χ0) is 22.0. The molecule has 0 aliphatic carbocycles. The van der Waals surface area contributed by atoms with E-state index in [1.54, 1.807) is 12.4 Å². The zero-order valence-corrected chi connectivity index (χ0v) is 17.9. The molecule has 0 bridgehead atoms. The van der Waals surface area contributed by atoms with Gasteiger partial charge in [0.1, 0.15) is 12.4 Å². The fraction of sp³-hybridized carbons (Fsp3) is 0.143. The van der Waals surface area contributed by atoms with Crippen LogP contribution in [0.2, 0.25) is 0 Å². The second kappa shape index (κ2) is 10.9. The highest BCUT2D eigenvalue weighted by Crippen LogP contribution is 2.27. The van der Waals surface area contributed by atoms with Gasteiger partial charge in [0, 0.05) is 36.8 Å². The van der Waals surface area contributed by atoms with E-state index in [1.165, 1.54) is 0 Å². The van der Waals surface area contributed by atoms with Crippen LogP contribution in [0, 0.1) is 0 Å². The van der Waals surface area contributed by atoms with E-state index in [0.717, 1.165) is 28.0 Å². The Morgan fingerprint density at radius 3 is 2.03 bits per heavy atom. The Hall–Kier alpha value is -3.92. The zero-order valence-electron chi connectivity index (χ0n) is 17.9. The molecule has 4 heteroatoms. The first-order chi connectivity index (χ1) is 15.8. The van der Waals surface area contributed by atoms with Gasteiger partial charge in [-0.05, 0) is 34.9 Å². The predicted octanol–water partition coefficient (Wildman–Crippen LogP) is 5.50. The highest BCUT2D eigenvalue weighted by molar-refractivity contribution is 5.77. The van der Waals surface area contributed by atoms with E-state index >= 15 is 0 Å². The van der Waals surface area contributed by atoms with Crippen molar-refractivity contribution in [3.8, 4) is 5.75 Å². The standard InChI is InChI=1S/C28H26N2O2/c31-28(18-27(24-9-3-1-4-10-24)25-11-5-2-6-12-25)30-20-22-13-15-26(16-14-22)32-21-23-8-7-17-29-19-23/h1-17,19,27H,18,20-21H2,(H,30,31). The predicted molar refractivity (Wildman–Crippen MR) is 126 cm³/mol. The molecule has 3 aromatic carbocycles. The molecule has 1 heterocycles. The molecule has 32 heavy (non-hydrogen) atoms. The van der Waals surface area contributed by atoms with Crippen molar-refractivity contribution in [1.82, 2.24) is 10.3 Å². The van der Waals surface area contributed by atoms with Crippen molar-refractivity contribution in [2.24, 2.45) is 0 Å². The van der Waals surface area contributed by atoms with Crippen LogP contribution in [0.25, 0.3) is 0 Å². The lowest BCUT2D eigenvalue weighted by atomic mass is 9.88. The van der Waals surface area contributed by atoms with Crippen molar-refractivity contribution < 1.29 is 9.53 Å². The maximum atomic E-state index is 12.8. The Kier molecular flexibility index (Phi) is 7.27. The van der Waals surface area contributed by atoms with Crippen LogP contribution in [0.3, 0.4) is 0 Å². The number of carbonyl (C=O) groups excluding carboxylic acids is 1. The van der Waals surface area contributed by atoms with Crippen LogP contribution in [0.1, 0.15) is 34.6 Å². The molecule has 1 N–H and O–H groups in total. The number of rotatable bonds is 9. The van der Waals surface area contributed by atoms with Gasteiger partial charge in [0.2, 0.25) is 5.91 Å². The molecular formula is C28H26N2O2. The molecule has 0 atom stereocenters. The first kappa shape index (κ1) is 21.3. The van der Waals surface area contributed by atoms with Crippen LogP contribution >= 0.6 is 0 Å². The molecule has 0 aliphatic heterocycles. The molecule has 0 spiro atoms. The summed E-state index contributed by atoms with van der Waals surface area (Å²) in [5.41, 5.74) is 4.34. The number of carbonyl (C=O) groups is 1. The fourth-order valence-electron chi connectivity index (χ4n) is 3.61. The molecule has 0 aliphatic rings. The van der Waals surface area contributed by atoms with E-state index < -0.39 is 0 Å². The van der Waals surface area contributed by atoms with Gasteiger partial charge in [-0.3, -0.25) is 9.78 Å². The van der Waals surface area contributed by atoms with Gasteiger partial charge in [0.15, 0.2) is 0 Å². The minimum Gasteiger partial charge on any atom is -0.489 e. The summed E-state index contributed by atoms with van der Waals surface area (Å²) in [6.45, 7) is 0.961. The second-order valence-electron chi connectivity index (χ2n) is 7.65. The van der Waals surface area contributed by atoms with Crippen molar-refractivity contribution in [3.63, 3.8) is 0 Å². The van der Waals surface area contributed by atoms with Gasteiger partial charge in [-0.2, -0.15) is 0 Å². The van der Waals surface area contributed by atoms with Crippen LogP contribution < -0.4 is 10.1 Å². The van der Waals surface area contributed by atoms with Crippen LogP contribution in [0.5, 0.6) is 5.75 Å². The normalized spacial score (nSPS) is 10.7. The van der Waals surface area contributed by atoms with Crippen LogP contribution in [-0.2, 0) is 17.9 Å². The van der Waals surface area contributed by atoms with Crippen molar-refractivity contribution in [3.05, 3.63) is 132 Å². The first-order valence-corrected chi connectivity index (χ1v) is 10.7. The molecule has 4 aromatic rings. The summed E-state index contributed by atoms with van der Waals surface area (Å²) in [4.78, 5) is 16.8. The van der Waals surface area contributed by atoms with Crippen LogP contribution in [-0.4, -0.2) is 10.9 Å². The Morgan fingerprint density at radius 2 is 1.44 bits per heavy atom. The lowest BCUT2D eigenvalue weighted by Gasteiger charge is -2.18. The molecule has 160 valence electrons. The van der Waals surface area contributed by atoms with E-state index in [2.05, 4.69) is 34.6 Å². The molecule has 1 aromatic heterocycles. The average molecular weight is 423 g/mol. The highest BCUT2D eigenvalue weighted by atomic mass is 16.5. The Morgan fingerprint density at radius 1 is 0.781 bits per heavy atom. The molecule has 0 saturated heterocycles. The summed E-state index contributed by atoms with van der Waals surface area (Å²) in [6, 6.07) is 32.0. The third-order valence-electron chi connectivity index (χ3n) is 5.33. The third-order valence-corrected chi connectivity index (χ3v) is 5.33. The minimum absolute atomic E-state index is 0.0274. The summed E-state index contributed by atoms with van der Waals surface area (Å²) in [7, 11) is 0. The van der Waals surface area contributed by atoms with E-state index in [0.29, 0.717) is 19.6 Å². The number of aromatic nitrogens is 1. The smallest absolute Gasteiger partial charge is 0.221 e. The monoisotopic (exact) mass is 422 g/mol. The van der Waals surface area contributed by atoms with E-state index in [9.17, 15) is 4.79 Å². The van der Waals surface area contributed by atoms with Gasteiger partial charge >= 0.3 is 0 Å². The number of hydrogen-bond acceptors (Lipinski definition) is 3. The quantitative estimate of drug-likeness (QED) is 0.388. The highest BCUT2D eigenvalue weighted by Gasteiger charge is 2.17. The Balaban J connectivity index is 1.32. The Labute approximate surface area is 188 Å². The number of pyridine rings is 1. The molecule has 4 nitrogen and oxygen atoms in total. The van der Waals surface area contributed by atoms with Crippen molar-refractivity contribution >= 4 is 5.91 Å². The average Bonchev–Trinajstić information content (AvgIpc) is 2.87. The first-order valence-electron chi connectivity index (χ1n) is 10.7. The lowest BCUT2D eigenvalue weighted by Crippen LogP contribution is -2.25. The maximum absolute atomic E-state index is 12.8. The lowest BCUT2D eigenvalue weighted by molar-refractivity contribution is -0.121. The van der Waals surface area contributed by atoms with Gasteiger partial charge in [-0.15, -0.1) is 0 Å². The van der Waals surface area contributed by atoms with Gasteiger partial charge in [0.05, 0.1) is 0 Å². The largest absolute Gasteiger partial charge is 0.489 e. The number of amides is 1. The summed E-state index contributed by atoms with van der Waals surface area (Å²) in [5, 5.41) is 3.06. The summed E-state index contributed by atoms with van der Waals surface area (Å²) < 4.78 is 5.80. The summed E-state index contributed by atoms with van der Waals surface area (Å²) in [6.07, 6.45) is 3.94.